The summed E-state index contributed by atoms with van der Waals surface area (Å²) in [6.07, 6.45) is 0.719. The second-order valence-corrected chi connectivity index (χ2v) is 6.30. The Morgan fingerprint density at radius 1 is 0.808 bits per heavy atom. The molecule has 1 aliphatic rings. The fraction of sp³-hybridized carbons (Fsp3) is 0.130. The molecule has 4 rings (SSSR count). The van der Waals surface area contributed by atoms with Gasteiger partial charge in [-0.25, -0.2) is 4.99 Å². The van der Waals surface area contributed by atoms with Crippen molar-refractivity contribution in [3.05, 3.63) is 107 Å². The van der Waals surface area contributed by atoms with E-state index < -0.39 is 0 Å². The Hall–Kier alpha value is -3.38. The Labute approximate surface area is 153 Å². The normalized spacial score (nSPS) is 19.1. The largest absolute Gasteiger partial charge is 0.469 e. The average Bonchev–Trinajstić information content (AvgIpc) is 2.75. The molecular formula is C23H18N2O. The highest BCUT2D eigenvalue weighted by Crippen LogP contribution is 2.37. The second kappa shape index (κ2) is 7.25. The molecule has 0 aliphatic carbocycles. The van der Waals surface area contributed by atoms with Gasteiger partial charge in [-0.2, -0.15) is 5.26 Å². The summed E-state index contributed by atoms with van der Waals surface area (Å²) in [4.78, 5) is 4.87. The zero-order chi connectivity index (χ0) is 17.8. The lowest BCUT2D eigenvalue weighted by molar-refractivity contribution is 0.152. The molecule has 3 heteroatoms. The van der Waals surface area contributed by atoms with Gasteiger partial charge in [-0.1, -0.05) is 60.7 Å². The van der Waals surface area contributed by atoms with E-state index in [1.807, 2.05) is 72.8 Å². The summed E-state index contributed by atoms with van der Waals surface area (Å²) < 4.78 is 6.25. The van der Waals surface area contributed by atoms with Gasteiger partial charge in [-0.15, -0.1) is 0 Å². The van der Waals surface area contributed by atoms with Gasteiger partial charge in [0.05, 0.1) is 17.7 Å². The minimum atomic E-state index is -0.0513. The SMILES string of the molecule is N#Cc1ccc(C2CC(c3ccccc3)OC(c3ccccc3)=N2)cc1. The molecule has 0 bridgehead atoms. The molecule has 0 saturated carbocycles. The standard InChI is InChI=1S/C23H18N2O/c24-16-17-11-13-18(14-12-17)21-15-22(19-7-3-1-4-8-19)26-23(25-21)20-9-5-2-6-10-20/h1-14,21-22H,15H2. The van der Waals surface area contributed by atoms with E-state index in [0.717, 1.165) is 23.1 Å². The number of benzene rings is 3. The summed E-state index contributed by atoms with van der Waals surface area (Å²) in [6.45, 7) is 0. The first kappa shape index (κ1) is 16.1. The molecule has 0 N–H and O–H groups in total. The predicted octanol–water partition coefficient (Wildman–Crippen LogP) is 5.21. The fourth-order valence-corrected chi connectivity index (χ4v) is 3.20. The number of aliphatic imine (C=N–C) groups is 1. The molecule has 0 fully saturated rings. The zero-order valence-corrected chi connectivity index (χ0v) is 14.2. The monoisotopic (exact) mass is 338 g/mol. The molecule has 26 heavy (non-hydrogen) atoms. The smallest absolute Gasteiger partial charge is 0.217 e. The molecule has 3 aromatic rings. The van der Waals surface area contributed by atoms with Crippen molar-refractivity contribution in [3.8, 4) is 6.07 Å². The van der Waals surface area contributed by atoms with E-state index in [0.29, 0.717) is 11.5 Å². The van der Waals surface area contributed by atoms with E-state index in [1.165, 1.54) is 0 Å². The first-order valence-electron chi connectivity index (χ1n) is 8.68. The number of hydrogen-bond acceptors (Lipinski definition) is 3. The van der Waals surface area contributed by atoms with Crippen molar-refractivity contribution in [2.45, 2.75) is 18.6 Å². The minimum Gasteiger partial charge on any atom is -0.469 e. The van der Waals surface area contributed by atoms with E-state index in [4.69, 9.17) is 15.0 Å². The Balaban J connectivity index is 1.72. The van der Waals surface area contributed by atoms with Crippen LogP contribution in [0.2, 0.25) is 0 Å². The molecule has 2 unspecified atom stereocenters. The molecule has 2 atom stereocenters. The third kappa shape index (κ3) is 3.36. The predicted molar refractivity (Wildman–Crippen MR) is 102 cm³/mol. The van der Waals surface area contributed by atoms with E-state index in [1.54, 1.807) is 0 Å². The van der Waals surface area contributed by atoms with Crippen LogP contribution >= 0.6 is 0 Å². The maximum Gasteiger partial charge on any atom is 0.217 e. The molecule has 1 aliphatic heterocycles. The van der Waals surface area contributed by atoms with Crippen LogP contribution in [-0.2, 0) is 4.74 Å². The van der Waals surface area contributed by atoms with Crippen molar-refractivity contribution in [1.82, 2.24) is 0 Å². The highest BCUT2D eigenvalue weighted by molar-refractivity contribution is 5.94. The van der Waals surface area contributed by atoms with Crippen LogP contribution in [0.15, 0.2) is 89.9 Å². The lowest BCUT2D eigenvalue weighted by atomic mass is 9.95. The van der Waals surface area contributed by atoms with Gasteiger partial charge in [0.2, 0.25) is 5.90 Å². The Morgan fingerprint density at radius 2 is 1.46 bits per heavy atom. The third-order valence-corrected chi connectivity index (χ3v) is 4.58. The van der Waals surface area contributed by atoms with E-state index >= 15 is 0 Å². The van der Waals surface area contributed by atoms with Crippen molar-refractivity contribution in [1.29, 1.82) is 5.26 Å². The summed E-state index contributed by atoms with van der Waals surface area (Å²) in [5, 5.41) is 9.02. The van der Waals surface area contributed by atoms with E-state index in [-0.39, 0.29) is 12.1 Å². The van der Waals surface area contributed by atoms with Crippen LogP contribution in [0.4, 0.5) is 0 Å². The number of ether oxygens (including phenoxy) is 1. The van der Waals surface area contributed by atoms with E-state index in [2.05, 4.69) is 18.2 Å². The topological polar surface area (TPSA) is 45.4 Å². The molecule has 0 radical (unpaired) electrons. The molecule has 0 saturated heterocycles. The summed E-state index contributed by atoms with van der Waals surface area (Å²) in [5.74, 6) is 0.667. The maximum atomic E-state index is 9.02. The van der Waals surface area contributed by atoms with Gasteiger partial charge in [-0.05, 0) is 35.4 Å². The lowest BCUT2D eigenvalue weighted by Crippen LogP contribution is -2.21. The average molecular weight is 338 g/mol. The zero-order valence-electron chi connectivity index (χ0n) is 14.2. The molecule has 0 spiro atoms. The Morgan fingerprint density at radius 3 is 2.12 bits per heavy atom. The van der Waals surface area contributed by atoms with E-state index in [9.17, 15) is 0 Å². The van der Waals surface area contributed by atoms with Gasteiger partial charge < -0.3 is 4.74 Å². The quantitative estimate of drug-likeness (QED) is 0.658. The molecule has 0 aromatic heterocycles. The summed E-state index contributed by atoms with van der Waals surface area (Å²) >= 11 is 0. The molecule has 126 valence electrons. The first-order valence-corrected chi connectivity index (χ1v) is 8.68. The van der Waals surface area contributed by atoms with Gasteiger partial charge in [0.25, 0.3) is 0 Å². The van der Waals surface area contributed by atoms with Crippen LogP contribution in [0.3, 0.4) is 0 Å². The van der Waals surface area contributed by atoms with Gasteiger partial charge in [0, 0.05) is 12.0 Å². The van der Waals surface area contributed by atoms with Crippen molar-refractivity contribution in [2.75, 3.05) is 0 Å². The fourth-order valence-electron chi connectivity index (χ4n) is 3.20. The van der Waals surface area contributed by atoms with Crippen molar-refractivity contribution in [3.63, 3.8) is 0 Å². The molecule has 3 aromatic carbocycles. The van der Waals surface area contributed by atoms with Gasteiger partial charge in [0.1, 0.15) is 6.10 Å². The van der Waals surface area contributed by atoms with Gasteiger partial charge in [-0.3, -0.25) is 0 Å². The summed E-state index contributed by atoms with van der Waals surface area (Å²) in [5.41, 5.74) is 3.88. The number of rotatable bonds is 3. The number of hydrogen-bond donors (Lipinski definition) is 0. The van der Waals surface area contributed by atoms with Crippen LogP contribution in [-0.4, -0.2) is 5.90 Å². The third-order valence-electron chi connectivity index (χ3n) is 4.58. The molecule has 3 nitrogen and oxygen atoms in total. The lowest BCUT2D eigenvalue weighted by Gasteiger charge is -2.29. The van der Waals surface area contributed by atoms with Crippen LogP contribution in [0.1, 0.15) is 40.8 Å². The van der Waals surface area contributed by atoms with Crippen LogP contribution in [0, 0.1) is 11.3 Å². The summed E-state index contributed by atoms with van der Waals surface area (Å²) in [7, 11) is 0. The maximum absolute atomic E-state index is 9.02. The highest BCUT2D eigenvalue weighted by Gasteiger charge is 2.28. The molecular weight excluding hydrogens is 320 g/mol. The second-order valence-electron chi connectivity index (χ2n) is 6.30. The Kier molecular flexibility index (Phi) is 4.49. The molecule has 1 heterocycles. The van der Waals surface area contributed by atoms with Crippen molar-refractivity contribution in [2.24, 2.45) is 4.99 Å². The highest BCUT2D eigenvalue weighted by atomic mass is 16.5. The van der Waals surface area contributed by atoms with Crippen LogP contribution in [0.5, 0.6) is 0 Å². The van der Waals surface area contributed by atoms with Crippen molar-refractivity contribution >= 4 is 5.90 Å². The minimum absolute atomic E-state index is 0.00287. The van der Waals surface area contributed by atoms with Crippen LogP contribution < -0.4 is 0 Å². The van der Waals surface area contributed by atoms with Crippen molar-refractivity contribution < 1.29 is 4.74 Å². The van der Waals surface area contributed by atoms with Gasteiger partial charge in [0.15, 0.2) is 0 Å². The number of nitrogens with zero attached hydrogens (tertiary/aromatic N) is 2. The Bertz CT molecular complexity index is 941. The molecule has 0 amide bonds. The van der Waals surface area contributed by atoms with Gasteiger partial charge >= 0.3 is 0 Å². The van der Waals surface area contributed by atoms with Crippen LogP contribution in [0.25, 0.3) is 0 Å². The first-order chi connectivity index (χ1) is 12.8. The number of nitriles is 1. The summed E-state index contributed by atoms with van der Waals surface area (Å²) in [6, 6.07) is 30.1.